The lowest BCUT2D eigenvalue weighted by molar-refractivity contribution is 0.196. The molecule has 1 aliphatic heterocycles. The van der Waals surface area contributed by atoms with E-state index in [1.54, 1.807) is 12.4 Å². The maximum absolute atomic E-state index is 4.72. The Morgan fingerprint density at radius 1 is 1.04 bits per heavy atom. The summed E-state index contributed by atoms with van der Waals surface area (Å²) in [5.41, 5.74) is 2.20. The third-order valence-electron chi connectivity index (χ3n) is 4.97. The molecular weight excluding hydrogens is 324 g/mol. The molecule has 1 saturated heterocycles. The number of piperidine rings is 1. The molecule has 0 unspecified atom stereocenters. The minimum Gasteiger partial charge on any atom is -0.297 e. The summed E-state index contributed by atoms with van der Waals surface area (Å²) in [6.45, 7) is 5.09. The van der Waals surface area contributed by atoms with Crippen LogP contribution in [0.2, 0.25) is 0 Å². The molecule has 3 aromatic heterocycles. The van der Waals surface area contributed by atoms with E-state index in [-0.39, 0.29) is 0 Å². The van der Waals surface area contributed by atoms with Crippen molar-refractivity contribution in [1.29, 1.82) is 0 Å². The highest BCUT2D eigenvalue weighted by Crippen LogP contribution is 2.29. The summed E-state index contributed by atoms with van der Waals surface area (Å²) in [7, 11) is 0. The van der Waals surface area contributed by atoms with Crippen molar-refractivity contribution in [3.8, 4) is 5.82 Å². The first-order valence-electron chi connectivity index (χ1n) is 9.31. The zero-order valence-corrected chi connectivity index (χ0v) is 15.1. The van der Waals surface area contributed by atoms with Crippen LogP contribution in [-0.2, 0) is 13.0 Å². The molecule has 0 bridgehead atoms. The molecule has 3 aromatic rings. The van der Waals surface area contributed by atoms with Gasteiger partial charge >= 0.3 is 0 Å². The van der Waals surface area contributed by atoms with Crippen molar-refractivity contribution in [3.63, 3.8) is 0 Å². The summed E-state index contributed by atoms with van der Waals surface area (Å²) < 4.78 is 2.08. The van der Waals surface area contributed by atoms with E-state index in [0.717, 1.165) is 61.9 Å². The Morgan fingerprint density at radius 2 is 1.96 bits per heavy atom. The van der Waals surface area contributed by atoms with Gasteiger partial charge in [-0.05, 0) is 31.5 Å². The van der Waals surface area contributed by atoms with Gasteiger partial charge in [-0.15, -0.1) is 0 Å². The lowest BCUT2D eigenvalue weighted by Crippen LogP contribution is -2.35. The lowest BCUT2D eigenvalue weighted by Gasteiger charge is -2.32. The molecule has 1 atom stereocenters. The van der Waals surface area contributed by atoms with Crippen LogP contribution in [0.4, 0.5) is 0 Å². The first-order chi connectivity index (χ1) is 12.8. The van der Waals surface area contributed by atoms with Gasteiger partial charge in [-0.2, -0.15) is 0 Å². The van der Waals surface area contributed by atoms with Crippen molar-refractivity contribution in [2.75, 3.05) is 13.1 Å². The largest absolute Gasteiger partial charge is 0.297 e. The van der Waals surface area contributed by atoms with Gasteiger partial charge < -0.3 is 0 Å². The van der Waals surface area contributed by atoms with E-state index >= 15 is 0 Å². The van der Waals surface area contributed by atoms with Crippen LogP contribution in [-0.4, -0.2) is 42.5 Å². The predicted octanol–water partition coefficient (Wildman–Crippen LogP) is 3.00. The smallest absolute Gasteiger partial charge is 0.160 e. The molecule has 0 N–H and O–H groups in total. The van der Waals surface area contributed by atoms with E-state index in [0.29, 0.717) is 5.92 Å². The number of rotatable bonds is 5. The summed E-state index contributed by atoms with van der Waals surface area (Å²) in [5, 5.41) is 0. The minimum atomic E-state index is 0.378. The average molecular weight is 348 g/mol. The van der Waals surface area contributed by atoms with E-state index in [2.05, 4.69) is 43.5 Å². The number of hydrogen-bond donors (Lipinski definition) is 0. The summed E-state index contributed by atoms with van der Waals surface area (Å²) in [6.07, 6.45) is 12.4. The first kappa shape index (κ1) is 16.8. The molecule has 0 amide bonds. The Hall–Kier alpha value is -2.60. The molecule has 6 nitrogen and oxygen atoms in total. The number of aromatic nitrogens is 5. The van der Waals surface area contributed by atoms with Crippen molar-refractivity contribution in [1.82, 2.24) is 29.4 Å². The van der Waals surface area contributed by atoms with Gasteiger partial charge in [-0.25, -0.2) is 9.97 Å². The van der Waals surface area contributed by atoms with E-state index in [1.807, 2.05) is 24.7 Å². The normalized spacial score (nSPS) is 18.1. The molecule has 0 spiro atoms. The molecule has 0 aromatic carbocycles. The van der Waals surface area contributed by atoms with Gasteiger partial charge in [-0.1, -0.05) is 13.0 Å². The Labute approximate surface area is 154 Å². The molecule has 6 heteroatoms. The van der Waals surface area contributed by atoms with E-state index < -0.39 is 0 Å². The quantitative estimate of drug-likeness (QED) is 0.709. The monoisotopic (exact) mass is 348 g/mol. The van der Waals surface area contributed by atoms with Gasteiger partial charge in [0.2, 0.25) is 0 Å². The molecule has 1 fully saturated rings. The predicted molar refractivity (Wildman–Crippen MR) is 100 cm³/mol. The Morgan fingerprint density at radius 3 is 2.81 bits per heavy atom. The zero-order chi connectivity index (χ0) is 17.8. The third-order valence-corrected chi connectivity index (χ3v) is 4.97. The van der Waals surface area contributed by atoms with Crippen LogP contribution in [0.3, 0.4) is 0 Å². The lowest BCUT2D eigenvalue weighted by atomic mass is 9.94. The van der Waals surface area contributed by atoms with Crippen LogP contribution >= 0.6 is 0 Å². The van der Waals surface area contributed by atoms with Gasteiger partial charge in [0.05, 0.1) is 11.4 Å². The van der Waals surface area contributed by atoms with Crippen LogP contribution in [0.1, 0.15) is 42.9 Å². The molecule has 26 heavy (non-hydrogen) atoms. The Balaban J connectivity index is 1.58. The highest BCUT2D eigenvalue weighted by atomic mass is 15.2. The van der Waals surface area contributed by atoms with Crippen LogP contribution in [0.25, 0.3) is 5.82 Å². The minimum absolute atomic E-state index is 0.378. The SMILES string of the molecule is CCc1nccn1-c1nccnc1[C@@H]1CCCN(Cc2ccccn2)C1. The number of likely N-dealkylation sites (tertiary alicyclic amines) is 1. The second-order valence-corrected chi connectivity index (χ2v) is 6.73. The molecule has 0 radical (unpaired) electrons. The van der Waals surface area contributed by atoms with Gasteiger partial charge in [0.1, 0.15) is 5.82 Å². The molecule has 4 rings (SSSR count). The molecule has 4 heterocycles. The van der Waals surface area contributed by atoms with Crippen LogP contribution in [0, 0.1) is 0 Å². The molecule has 134 valence electrons. The Kier molecular flexibility index (Phi) is 5.02. The van der Waals surface area contributed by atoms with Crippen molar-refractivity contribution in [2.24, 2.45) is 0 Å². The van der Waals surface area contributed by atoms with Crippen LogP contribution in [0.15, 0.2) is 49.2 Å². The van der Waals surface area contributed by atoms with Crippen molar-refractivity contribution in [3.05, 3.63) is 66.4 Å². The maximum atomic E-state index is 4.72. The van der Waals surface area contributed by atoms with Crippen molar-refractivity contribution < 1.29 is 0 Å². The Bertz CT molecular complexity index is 844. The fraction of sp³-hybridized carbons (Fsp3) is 0.400. The van der Waals surface area contributed by atoms with Crippen LogP contribution < -0.4 is 0 Å². The summed E-state index contributed by atoms with van der Waals surface area (Å²) in [6, 6.07) is 6.11. The van der Waals surface area contributed by atoms with Crippen molar-refractivity contribution >= 4 is 0 Å². The fourth-order valence-electron chi connectivity index (χ4n) is 3.75. The van der Waals surface area contributed by atoms with Gasteiger partial charge in [-0.3, -0.25) is 19.4 Å². The van der Waals surface area contributed by atoms with Gasteiger partial charge in [0, 0.05) is 56.4 Å². The van der Waals surface area contributed by atoms with E-state index in [9.17, 15) is 0 Å². The number of pyridine rings is 1. The maximum Gasteiger partial charge on any atom is 0.160 e. The van der Waals surface area contributed by atoms with Gasteiger partial charge in [0.25, 0.3) is 0 Å². The summed E-state index contributed by atoms with van der Waals surface area (Å²) >= 11 is 0. The van der Waals surface area contributed by atoms with E-state index in [4.69, 9.17) is 4.98 Å². The number of hydrogen-bond acceptors (Lipinski definition) is 5. The second kappa shape index (κ2) is 7.74. The average Bonchev–Trinajstić information content (AvgIpc) is 3.18. The highest BCUT2D eigenvalue weighted by Gasteiger charge is 2.26. The first-order valence-corrected chi connectivity index (χ1v) is 9.31. The number of nitrogens with zero attached hydrogens (tertiary/aromatic N) is 6. The summed E-state index contributed by atoms with van der Waals surface area (Å²) in [5.74, 6) is 2.32. The van der Waals surface area contributed by atoms with Gasteiger partial charge in [0.15, 0.2) is 5.82 Å². The second-order valence-electron chi connectivity index (χ2n) is 6.73. The molecule has 0 saturated carbocycles. The molecule has 1 aliphatic rings. The highest BCUT2D eigenvalue weighted by molar-refractivity contribution is 5.33. The molecule has 0 aliphatic carbocycles. The number of aryl methyl sites for hydroxylation is 1. The summed E-state index contributed by atoms with van der Waals surface area (Å²) in [4.78, 5) is 20.8. The standard InChI is InChI=1S/C20H24N6/c1-2-18-22-11-13-26(18)20-19(23-9-10-24-20)16-6-5-12-25(14-16)15-17-7-3-4-8-21-17/h3-4,7-11,13,16H,2,5-6,12,14-15H2,1H3/t16-/m1/s1. The van der Waals surface area contributed by atoms with E-state index in [1.165, 1.54) is 0 Å². The third kappa shape index (κ3) is 3.51. The topological polar surface area (TPSA) is 59.7 Å². The van der Waals surface area contributed by atoms with Crippen LogP contribution in [0.5, 0.6) is 0 Å². The zero-order valence-electron chi connectivity index (χ0n) is 15.1. The fourth-order valence-corrected chi connectivity index (χ4v) is 3.75. The van der Waals surface area contributed by atoms with Crippen molar-refractivity contribution in [2.45, 2.75) is 38.6 Å². The molecular formula is C20H24N6. The number of imidazole rings is 1.